The van der Waals surface area contributed by atoms with Crippen molar-refractivity contribution in [1.29, 1.82) is 0 Å². The molecule has 0 saturated carbocycles. The largest absolute Gasteiger partial charge is 0.355 e. The molecule has 0 bridgehead atoms. The Morgan fingerprint density at radius 2 is 2.26 bits per heavy atom. The predicted octanol–water partition coefficient (Wildman–Crippen LogP) is 3.19. The molecule has 3 aromatic rings. The van der Waals surface area contributed by atoms with E-state index in [-0.39, 0.29) is 0 Å². The highest BCUT2D eigenvalue weighted by Crippen LogP contribution is 2.40. The van der Waals surface area contributed by atoms with E-state index < -0.39 is 0 Å². The van der Waals surface area contributed by atoms with Crippen LogP contribution in [0.1, 0.15) is 29.3 Å². The van der Waals surface area contributed by atoms with E-state index in [4.69, 9.17) is 0 Å². The number of hydrogen-bond acceptors (Lipinski definition) is 5. The molecule has 3 heterocycles. The summed E-state index contributed by atoms with van der Waals surface area (Å²) in [5.74, 6) is 1.83. The number of rotatable bonds is 3. The lowest BCUT2D eigenvalue weighted by Crippen LogP contribution is -2.18. The molecule has 1 aliphatic carbocycles. The van der Waals surface area contributed by atoms with Crippen LogP contribution in [0.25, 0.3) is 10.2 Å². The molecule has 0 radical (unpaired) electrons. The Hall–Kier alpha value is -1.95. The van der Waals surface area contributed by atoms with E-state index in [9.17, 15) is 0 Å². The van der Waals surface area contributed by atoms with Gasteiger partial charge in [-0.3, -0.25) is 4.68 Å². The lowest BCUT2D eigenvalue weighted by atomic mass is 9.89. The summed E-state index contributed by atoms with van der Waals surface area (Å²) in [5, 5.41) is 5.52. The first kappa shape index (κ1) is 14.6. The first-order chi connectivity index (χ1) is 11.1. The molecule has 0 spiro atoms. The number of fused-ring (bicyclic) bond motifs is 3. The Labute approximate surface area is 140 Å². The second kappa shape index (κ2) is 5.60. The van der Waals surface area contributed by atoms with Gasteiger partial charge in [0.05, 0.1) is 11.6 Å². The van der Waals surface area contributed by atoms with Crippen LogP contribution in [0, 0.1) is 5.92 Å². The molecule has 120 valence electrons. The van der Waals surface area contributed by atoms with Crippen molar-refractivity contribution in [2.24, 2.45) is 13.0 Å². The third-order valence-corrected chi connectivity index (χ3v) is 5.77. The molecule has 6 heteroatoms. The Kier molecular flexibility index (Phi) is 3.56. The van der Waals surface area contributed by atoms with Gasteiger partial charge in [-0.15, -0.1) is 11.3 Å². The van der Waals surface area contributed by atoms with Crippen molar-refractivity contribution in [3.05, 3.63) is 34.7 Å². The second-order valence-electron chi connectivity index (χ2n) is 6.61. The maximum atomic E-state index is 4.60. The molecule has 0 aromatic carbocycles. The Morgan fingerprint density at radius 3 is 3.04 bits per heavy atom. The zero-order valence-corrected chi connectivity index (χ0v) is 14.6. The van der Waals surface area contributed by atoms with Crippen LogP contribution in [0.2, 0.25) is 0 Å². The fourth-order valence-electron chi connectivity index (χ4n) is 3.45. The summed E-state index contributed by atoms with van der Waals surface area (Å²) in [5.41, 5.74) is 2.68. The summed E-state index contributed by atoms with van der Waals surface area (Å²) < 4.78 is 1.84. The van der Waals surface area contributed by atoms with E-state index in [0.29, 0.717) is 0 Å². The van der Waals surface area contributed by atoms with Crippen LogP contribution in [0.5, 0.6) is 0 Å². The van der Waals surface area contributed by atoms with Gasteiger partial charge < -0.3 is 4.90 Å². The van der Waals surface area contributed by atoms with Gasteiger partial charge in [0.1, 0.15) is 17.0 Å². The number of nitrogens with zero attached hydrogens (tertiary/aromatic N) is 5. The smallest absolute Gasteiger partial charge is 0.141 e. The normalized spacial score (nSPS) is 17.4. The number of aromatic nitrogens is 4. The molecule has 0 aliphatic heterocycles. The molecule has 0 N–H and O–H groups in total. The topological polar surface area (TPSA) is 46.8 Å². The standard InChI is InChI=1S/C17H21N5S/c1-11-4-5-13-14(6-11)23-17-15(13)16(18-10-19-17)21(2)8-12-7-20-22(3)9-12/h7,9-11H,4-6,8H2,1-3H3. The SMILES string of the molecule is CC1CCc2c(sc3ncnc(N(C)Cc4cnn(C)c4)c23)C1. The fraction of sp³-hybridized carbons (Fsp3) is 0.471. The number of aryl methyl sites for hydroxylation is 2. The lowest BCUT2D eigenvalue weighted by molar-refractivity contribution is 0.509. The van der Waals surface area contributed by atoms with E-state index in [2.05, 4.69) is 40.1 Å². The Morgan fingerprint density at radius 1 is 1.39 bits per heavy atom. The van der Waals surface area contributed by atoms with Crippen molar-refractivity contribution in [3.8, 4) is 0 Å². The van der Waals surface area contributed by atoms with Crippen LogP contribution < -0.4 is 4.90 Å². The van der Waals surface area contributed by atoms with Crippen molar-refractivity contribution >= 4 is 27.4 Å². The van der Waals surface area contributed by atoms with Crippen molar-refractivity contribution in [2.45, 2.75) is 32.7 Å². The van der Waals surface area contributed by atoms with E-state index in [1.165, 1.54) is 34.2 Å². The quantitative estimate of drug-likeness (QED) is 0.741. The zero-order valence-electron chi connectivity index (χ0n) is 13.8. The minimum atomic E-state index is 0.778. The zero-order chi connectivity index (χ0) is 16.0. The highest BCUT2D eigenvalue weighted by molar-refractivity contribution is 7.19. The molecule has 1 unspecified atom stereocenters. The maximum absolute atomic E-state index is 4.60. The summed E-state index contributed by atoms with van der Waals surface area (Å²) in [7, 11) is 4.05. The van der Waals surface area contributed by atoms with Gasteiger partial charge in [0.25, 0.3) is 0 Å². The molecular formula is C17H21N5S. The molecule has 1 atom stereocenters. The van der Waals surface area contributed by atoms with Gasteiger partial charge in [-0.1, -0.05) is 6.92 Å². The van der Waals surface area contributed by atoms with Crippen molar-refractivity contribution < 1.29 is 0 Å². The van der Waals surface area contributed by atoms with Gasteiger partial charge in [0, 0.05) is 37.3 Å². The third kappa shape index (κ3) is 2.61. The van der Waals surface area contributed by atoms with Crippen LogP contribution in [0.3, 0.4) is 0 Å². The Bertz CT molecular complexity index is 850. The molecule has 5 nitrogen and oxygen atoms in total. The van der Waals surface area contributed by atoms with Crippen molar-refractivity contribution in [3.63, 3.8) is 0 Å². The van der Waals surface area contributed by atoms with Crippen molar-refractivity contribution in [1.82, 2.24) is 19.7 Å². The lowest BCUT2D eigenvalue weighted by Gasteiger charge is -2.21. The third-order valence-electron chi connectivity index (χ3n) is 4.61. The van der Waals surface area contributed by atoms with E-state index >= 15 is 0 Å². The molecular weight excluding hydrogens is 306 g/mol. The van der Waals surface area contributed by atoms with Gasteiger partial charge >= 0.3 is 0 Å². The molecule has 0 saturated heterocycles. The van der Waals surface area contributed by atoms with Gasteiger partial charge in [0.15, 0.2) is 0 Å². The summed E-state index contributed by atoms with van der Waals surface area (Å²) in [6.45, 7) is 3.15. The summed E-state index contributed by atoms with van der Waals surface area (Å²) in [6.07, 6.45) is 9.27. The molecule has 0 amide bonds. The van der Waals surface area contributed by atoms with Crippen LogP contribution in [-0.4, -0.2) is 26.8 Å². The van der Waals surface area contributed by atoms with Crippen LogP contribution in [0.15, 0.2) is 18.7 Å². The maximum Gasteiger partial charge on any atom is 0.141 e. The number of anilines is 1. The van der Waals surface area contributed by atoms with E-state index in [1.807, 2.05) is 29.3 Å². The molecule has 23 heavy (non-hydrogen) atoms. The second-order valence-corrected chi connectivity index (χ2v) is 7.69. The summed E-state index contributed by atoms with van der Waals surface area (Å²) in [6, 6.07) is 0. The molecule has 4 rings (SSSR count). The Balaban J connectivity index is 1.74. The average molecular weight is 327 g/mol. The predicted molar refractivity (Wildman–Crippen MR) is 93.9 cm³/mol. The van der Waals surface area contributed by atoms with E-state index in [0.717, 1.165) is 29.5 Å². The minimum absolute atomic E-state index is 0.778. The van der Waals surface area contributed by atoms with Crippen LogP contribution >= 0.6 is 11.3 Å². The molecule has 0 fully saturated rings. The highest BCUT2D eigenvalue weighted by Gasteiger charge is 2.24. The van der Waals surface area contributed by atoms with E-state index in [1.54, 1.807) is 6.33 Å². The number of thiophene rings is 1. The van der Waals surface area contributed by atoms with Crippen LogP contribution in [0.4, 0.5) is 5.82 Å². The van der Waals surface area contributed by atoms with Gasteiger partial charge in [-0.25, -0.2) is 9.97 Å². The fourth-order valence-corrected chi connectivity index (χ4v) is 4.80. The van der Waals surface area contributed by atoms with Gasteiger partial charge in [0.2, 0.25) is 0 Å². The minimum Gasteiger partial charge on any atom is -0.355 e. The summed E-state index contributed by atoms with van der Waals surface area (Å²) >= 11 is 1.85. The molecule has 3 aromatic heterocycles. The highest BCUT2D eigenvalue weighted by atomic mass is 32.1. The molecule has 1 aliphatic rings. The van der Waals surface area contributed by atoms with Gasteiger partial charge in [-0.05, 0) is 30.7 Å². The first-order valence-electron chi connectivity index (χ1n) is 8.05. The monoisotopic (exact) mass is 327 g/mol. The summed E-state index contributed by atoms with van der Waals surface area (Å²) in [4.78, 5) is 14.0. The van der Waals surface area contributed by atoms with Crippen LogP contribution in [-0.2, 0) is 26.4 Å². The average Bonchev–Trinajstić information content (AvgIpc) is 3.09. The number of hydrogen-bond donors (Lipinski definition) is 0. The first-order valence-corrected chi connectivity index (χ1v) is 8.87. The van der Waals surface area contributed by atoms with Gasteiger partial charge in [-0.2, -0.15) is 5.10 Å². The van der Waals surface area contributed by atoms with Crippen molar-refractivity contribution in [2.75, 3.05) is 11.9 Å².